The Morgan fingerprint density at radius 1 is 1.17 bits per heavy atom. The molecular formula is C18H25NO4. The topological polar surface area (TPSA) is 55.8 Å². The molecule has 1 heterocycles. The quantitative estimate of drug-likeness (QED) is 0.779. The molecule has 1 aromatic rings. The van der Waals surface area contributed by atoms with Crippen LogP contribution in [0.15, 0.2) is 30.3 Å². The molecule has 0 bridgehead atoms. The summed E-state index contributed by atoms with van der Waals surface area (Å²) in [6, 6.07) is 9.53. The minimum atomic E-state index is -0.352. The molecule has 0 unspecified atom stereocenters. The number of benzene rings is 1. The summed E-state index contributed by atoms with van der Waals surface area (Å²) in [5.74, 6) is -0.257. The van der Waals surface area contributed by atoms with Gasteiger partial charge < -0.3 is 14.4 Å². The molecule has 0 saturated carbocycles. The molecule has 126 valence electrons. The number of ether oxygens (including phenoxy) is 2. The van der Waals surface area contributed by atoms with Crippen molar-refractivity contribution in [1.29, 1.82) is 0 Å². The maximum atomic E-state index is 12.5. The summed E-state index contributed by atoms with van der Waals surface area (Å²) in [5, 5.41) is 0. The number of carbonyl (C=O) groups is 2. The lowest BCUT2D eigenvalue weighted by atomic mass is 9.95. The highest BCUT2D eigenvalue weighted by molar-refractivity contribution is 5.73. The van der Waals surface area contributed by atoms with Crippen molar-refractivity contribution >= 4 is 12.1 Å². The molecule has 1 aliphatic rings. The molecule has 23 heavy (non-hydrogen) atoms. The van der Waals surface area contributed by atoms with E-state index in [0.29, 0.717) is 6.61 Å². The summed E-state index contributed by atoms with van der Waals surface area (Å²) in [7, 11) is 0. The third kappa shape index (κ3) is 4.98. The van der Waals surface area contributed by atoms with Crippen LogP contribution in [-0.4, -0.2) is 35.7 Å². The molecule has 5 nitrogen and oxygen atoms in total. The Kier molecular flexibility index (Phi) is 6.44. The molecule has 1 amide bonds. The summed E-state index contributed by atoms with van der Waals surface area (Å²) in [6.07, 6.45) is 2.63. The second kappa shape index (κ2) is 8.56. The van der Waals surface area contributed by atoms with E-state index in [4.69, 9.17) is 9.47 Å². The van der Waals surface area contributed by atoms with Gasteiger partial charge in [-0.2, -0.15) is 0 Å². The van der Waals surface area contributed by atoms with Crippen LogP contribution in [0.5, 0.6) is 0 Å². The fourth-order valence-electron chi connectivity index (χ4n) is 3.02. The number of hydrogen-bond donors (Lipinski definition) is 0. The summed E-state index contributed by atoms with van der Waals surface area (Å²) in [5.41, 5.74) is 0.951. The monoisotopic (exact) mass is 319 g/mol. The number of likely N-dealkylation sites (tertiary alicyclic amines) is 1. The zero-order valence-corrected chi connectivity index (χ0v) is 13.9. The molecule has 0 spiro atoms. The molecule has 5 heteroatoms. The number of hydrogen-bond acceptors (Lipinski definition) is 4. The van der Waals surface area contributed by atoms with Gasteiger partial charge >= 0.3 is 12.1 Å². The molecule has 1 fully saturated rings. The van der Waals surface area contributed by atoms with Gasteiger partial charge in [0.25, 0.3) is 0 Å². The van der Waals surface area contributed by atoms with Crippen LogP contribution < -0.4 is 0 Å². The van der Waals surface area contributed by atoms with Crippen LogP contribution in [0.4, 0.5) is 4.79 Å². The largest absolute Gasteiger partial charge is 0.466 e. The minimum Gasteiger partial charge on any atom is -0.466 e. The molecule has 0 N–H and O–H groups in total. The summed E-state index contributed by atoms with van der Waals surface area (Å²) < 4.78 is 10.5. The van der Waals surface area contributed by atoms with Crippen molar-refractivity contribution < 1.29 is 19.1 Å². The zero-order chi connectivity index (χ0) is 16.7. The Labute approximate surface area is 137 Å². The van der Waals surface area contributed by atoms with E-state index in [1.54, 1.807) is 11.8 Å². The SMILES string of the molecule is CCOC(=O)C[C@@H]1CCC[C@H](C)N1C(=O)OCc1ccccc1. The van der Waals surface area contributed by atoms with Crippen LogP contribution in [0.2, 0.25) is 0 Å². The third-order valence-electron chi connectivity index (χ3n) is 4.15. The Bertz CT molecular complexity index is 517. The van der Waals surface area contributed by atoms with Crippen molar-refractivity contribution in [3.8, 4) is 0 Å². The van der Waals surface area contributed by atoms with Crippen LogP contribution in [0.1, 0.15) is 45.1 Å². The van der Waals surface area contributed by atoms with E-state index in [-0.39, 0.29) is 37.2 Å². The van der Waals surface area contributed by atoms with E-state index in [1.807, 2.05) is 37.3 Å². The van der Waals surface area contributed by atoms with Crippen molar-refractivity contribution in [3.63, 3.8) is 0 Å². The zero-order valence-electron chi connectivity index (χ0n) is 13.9. The van der Waals surface area contributed by atoms with Gasteiger partial charge in [0.05, 0.1) is 13.0 Å². The van der Waals surface area contributed by atoms with Crippen LogP contribution >= 0.6 is 0 Å². The van der Waals surface area contributed by atoms with Crippen molar-refractivity contribution in [2.45, 2.75) is 58.2 Å². The highest BCUT2D eigenvalue weighted by atomic mass is 16.6. The molecule has 2 atom stereocenters. The van der Waals surface area contributed by atoms with Crippen LogP contribution in [0.3, 0.4) is 0 Å². The average molecular weight is 319 g/mol. The lowest BCUT2D eigenvalue weighted by molar-refractivity contribution is -0.144. The normalized spacial score (nSPS) is 20.9. The fourth-order valence-corrected chi connectivity index (χ4v) is 3.02. The van der Waals surface area contributed by atoms with Gasteiger partial charge in [-0.15, -0.1) is 0 Å². The maximum Gasteiger partial charge on any atom is 0.410 e. The average Bonchev–Trinajstić information content (AvgIpc) is 2.54. The first-order valence-electron chi connectivity index (χ1n) is 8.26. The van der Waals surface area contributed by atoms with E-state index < -0.39 is 0 Å². The molecule has 2 rings (SSSR count). The first-order valence-corrected chi connectivity index (χ1v) is 8.26. The number of nitrogens with zero attached hydrogens (tertiary/aromatic N) is 1. The molecule has 1 saturated heterocycles. The van der Waals surface area contributed by atoms with Crippen molar-refractivity contribution in [2.75, 3.05) is 6.61 Å². The summed E-state index contributed by atoms with van der Waals surface area (Å²) in [4.78, 5) is 26.0. The number of amides is 1. The van der Waals surface area contributed by atoms with Crippen molar-refractivity contribution in [3.05, 3.63) is 35.9 Å². The highest BCUT2D eigenvalue weighted by Crippen LogP contribution is 2.26. The van der Waals surface area contributed by atoms with Gasteiger partial charge in [-0.05, 0) is 38.7 Å². The molecule has 0 aliphatic carbocycles. The highest BCUT2D eigenvalue weighted by Gasteiger charge is 2.34. The van der Waals surface area contributed by atoms with Gasteiger partial charge in [0.15, 0.2) is 0 Å². The number of carbonyl (C=O) groups excluding carboxylic acids is 2. The van der Waals surface area contributed by atoms with E-state index >= 15 is 0 Å². The Hall–Kier alpha value is -2.04. The summed E-state index contributed by atoms with van der Waals surface area (Å²) >= 11 is 0. The fraction of sp³-hybridized carbons (Fsp3) is 0.556. The smallest absolute Gasteiger partial charge is 0.410 e. The molecule has 0 radical (unpaired) electrons. The van der Waals surface area contributed by atoms with E-state index in [2.05, 4.69) is 0 Å². The van der Waals surface area contributed by atoms with Gasteiger partial charge in [0.2, 0.25) is 0 Å². The first-order chi connectivity index (χ1) is 11.1. The van der Waals surface area contributed by atoms with Gasteiger partial charge in [-0.3, -0.25) is 4.79 Å². The van der Waals surface area contributed by atoms with E-state index in [0.717, 1.165) is 24.8 Å². The number of piperidine rings is 1. The standard InChI is InChI=1S/C18H25NO4/c1-3-22-17(20)12-16-11-7-8-14(2)19(16)18(21)23-13-15-9-5-4-6-10-15/h4-6,9-10,14,16H,3,7-8,11-13H2,1-2H3/t14-,16-/m0/s1. The van der Waals surface area contributed by atoms with Gasteiger partial charge in [-0.25, -0.2) is 4.79 Å². The second-order valence-corrected chi connectivity index (χ2v) is 5.89. The Morgan fingerprint density at radius 2 is 1.91 bits per heavy atom. The lowest BCUT2D eigenvalue weighted by Gasteiger charge is -2.39. The first kappa shape index (κ1) is 17.3. The molecule has 1 aromatic carbocycles. The molecular weight excluding hydrogens is 294 g/mol. The molecule has 1 aliphatic heterocycles. The predicted octanol–water partition coefficient (Wildman–Crippen LogP) is 3.52. The third-order valence-corrected chi connectivity index (χ3v) is 4.15. The van der Waals surface area contributed by atoms with Crippen molar-refractivity contribution in [2.24, 2.45) is 0 Å². The maximum absolute atomic E-state index is 12.5. The lowest BCUT2D eigenvalue weighted by Crippen LogP contribution is -2.49. The molecule has 0 aromatic heterocycles. The van der Waals surface area contributed by atoms with Gasteiger partial charge in [0.1, 0.15) is 6.61 Å². The van der Waals surface area contributed by atoms with Crippen LogP contribution in [0.25, 0.3) is 0 Å². The second-order valence-electron chi connectivity index (χ2n) is 5.89. The van der Waals surface area contributed by atoms with E-state index in [1.165, 1.54) is 0 Å². The number of esters is 1. The van der Waals surface area contributed by atoms with Gasteiger partial charge in [-0.1, -0.05) is 30.3 Å². The summed E-state index contributed by atoms with van der Waals surface area (Å²) in [6.45, 7) is 4.39. The Balaban J connectivity index is 1.96. The van der Waals surface area contributed by atoms with Crippen LogP contribution in [0, 0.1) is 0 Å². The minimum absolute atomic E-state index is 0.0754. The predicted molar refractivity (Wildman–Crippen MR) is 86.8 cm³/mol. The van der Waals surface area contributed by atoms with Gasteiger partial charge in [0, 0.05) is 12.1 Å². The van der Waals surface area contributed by atoms with E-state index in [9.17, 15) is 9.59 Å². The Morgan fingerprint density at radius 3 is 2.61 bits per heavy atom. The number of rotatable bonds is 5. The van der Waals surface area contributed by atoms with Crippen LogP contribution in [-0.2, 0) is 20.9 Å². The van der Waals surface area contributed by atoms with Crippen molar-refractivity contribution in [1.82, 2.24) is 4.90 Å².